The van der Waals surface area contributed by atoms with Gasteiger partial charge in [-0.15, -0.1) is 0 Å². The third-order valence-electron chi connectivity index (χ3n) is 4.05. The van der Waals surface area contributed by atoms with Crippen molar-refractivity contribution in [3.8, 4) is 0 Å². The summed E-state index contributed by atoms with van der Waals surface area (Å²) in [4.78, 5) is 21.9. The molecule has 0 bridgehead atoms. The van der Waals surface area contributed by atoms with Crippen LogP contribution in [-0.2, 0) is 10.0 Å². The summed E-state index contributed by atoms with van der Waals surface area (Å²) in [6, 6.07) is 6.49. The van der Waals surface area contributed by atoms with Crippen molar-refractivity contribution in [3.05, 3.63) is 48.0 Å². The largest absolute Gasteiger partial charge is 0.348 e. The number of imidazole rings is 1. The van der Waals surface area contributed by atoms with Gasteiger partial charge in [0.05, 0.1) is 6.26 Å². The van der Waals surface area contributed by atoms with E-state index in [9.17, 15) is 13.2 Å². The molecule has 24 heavy (non-hydrogen) atoms. The molecule has 1 saturated heterocycles. The number of anilines is 1. The molecule has 3 rings (SSSR count). The van der Waals surface area contributed by atoms with Crippen molar-refractivity contribution in [1.29, 1.82) is 0 Å². The number of hydrogen-bond acceptors (Lipinski definition) is 4. The van der Waals surface area contributed by atoms with Crippen molar-refractivity contribution in [2.75, 3.05) is 24.1 Å². The van der Waals surface area contributed by atoms with E-state index < -0.39 is 10.0 Å². The summed E-state index contributed by atoms with van der Waals surface area (Å²) in [7, 11) is -3.32. The third-order valence-corrected chi connectivity index (χ3v) is 4.66. The van der Waals surface area contributed by atoms with E-state index in [4.69, 9.17) is 0 Å². The topological polar surface area (TPSA) is 95.2 Å². The highest BCUT2D eigenvalue weighted by atomic mass is 32.2. The van der Waals surface area contributed by atoms with Gasteiger partial charge in [0.2, 0.25) is 10.0 Å². The van der Waals surface area contributed by atoms with Crippen LogP contribution in [0.1, 0.15) is 34.9 Å². The second kappa shape index (κ2) is 6.64. The Morgan fingerprint density at radius 2 is 2.08 bits per heavy atom. The van der Waals surface area contributed by atoms with E-state index in [2.05, 4.69) is 14.7 Å². The van der Waals surface area contributed by atoms with Crippen LogP contribution in [0.3, 0.4) is 0 Å². The van der Waals surface area contributed by atoms with Gasteiger partial charge in [-0.3, -0.25) is 9.52 Å². The van der Waals surface area contributed by atoms with Gasteiger partial charge in [0, 0.05) is 42.7 Å². The Balaban J connectivity index is 1.69. The fraction of sp³-hybridized carbons (Fsp3) is 0.375. The zero-order chi connectivity index (χ0) is 17.2. The van der Waals surface area contributed by atoms with E-state index >= 15 is 0 Å². The number of carbonyl (C=O) groups excluding carboxylic acids is 1. The Kier molecular flexibility index (Phi) is 4.57. The number of carbonyl (C=O) groups is 1. The van der Waals surface area contributed by atoms with E-state index in [1.807, 2.05) is 4.90 Å². The highest BCUT2D eigenvalue weighted by Gasteiger charge is 2.26. The summed E-state index contributed by atoms with van der Waals surface area (Å²) < 4.78 is 24.8. The van der Waals surface area contributed by atoms with Gasteiger partial charge in [-0.2, -0.15) is 0 Å². The van der Waals surface area contributed by atoms with Gasteiger partial charge in [0.25, 0.3) is 5.91 Å². The first-order chi connectivity index (χ1) is 11.4. The van der Waals surface area contributed by atoms with Crippen molar-refractivity contribution >= 4 is 21.6 Å². The number of sulfonamides is 1. The minimum absolute atomic E-state index is 0.0443. The maximum Gasteiger partial charge on any atom is 0.253 e. The molecule has 2 heterocycles. The van der Waals surface area contributed by atoms with E-state index in [0.29, 0.717) is 17.8 Å². The van der Waals surface area contributed by atoms with E-state index in [-0.39, 0.29) is 11.8 Å². The lowest BCUT2D eigenvalue weighted by Crippen LogP contribution is -2.39. The molecule has 1 amide bonds. The number of aromatic nitrogens is 2. The number of hydrogen-bond donors (Lipinski definition) is 2. The van der Waals surface area contributed by atoms with Gasteiger partial charge in [-0.25, -0.2) is 13.4 Å². The second-order valence-corrected chi connectivity index (χ2v) is 7.76. The van der Waals surface area contributed by atoms with Crippen LogP contribution in [0.5, 0.6) is 0 Å². The summed E-state index contributed by atoms with van der Waals surface area (Å²) >= 11 is 0. The highest BCUT2D eigenvalue weighted by Crippen LogP contribution is 2.25. The molecule has 0 spiro atoms. The van der Waals surface area contributed by atoms with Crippen LogP contribution < -0.4 is 4.72 Å². The van der Waals surface area contributed by atoms with Crippen LogP contribution in [0.2, 0.25) is 0 Å². The molecular formula is C16H20N4O3S. The van der Waals surface area contributed by atoms with Crippen molar-refractivity contribution in [2.24, 2.45) is 0 Å². The molecular weight excluding hydrogens is 328 g/mol. The number of aromatic amines is 1. The Morgan fingerprint density at radius 1 is 1.33 bits per heavy atom. The highest BCUT2D eigenvalue weighted by molar-refractivity contribution is 7.92. The van der Waals surface area contributed by atoms with Crippen molar-refractivity contribution in [1.82, 2.24) is 14.9 Å². The van der Waals surface area contributed by atoms with Crippen molar-refractivity contribution in [3.63, 3.8) is 0 Å². The maximum absolute atomic E-state index is 12.7. The molecule has 0 saturated carbocycles. The molecule has 1 unspecified atom stereocenters. The fourth-order valence-electron chi connectivity index (χ4n) is 2.96. The molecule has 2 aromatic rings. The maximum atomic E-state index is 12.7. The Bertz CT molecular complexity index is 800. The number of likely N-dealkylation sites (tertiary alicyclic amines) is 1. The number of amides is 1. The molecule has 1 atom stereocenters. The van der Waals surface area contributed by atoms with Gasteiger partial charge < -0.3 is 9.88 Å². The number of benzene rings is 1. The monoisotopic (exact) mass is 348 g/mol. The number of piperidine rings is 1. The Labute approximate surface area is 141 Å². The number of H-pyrrole nitrogens is 1. The smallest absolute Gasteiger partial charge is 0.253 e. The van der Waals surface area contributed by atoms with E-state index in [1.165, 1.54) is 0 Å². The third kappa shape index (κ3) is 3.94. The second-order valence-electron chi connectivity index (χ2n) is 6.02. The van der Waals surface area contributed by atoms with Crippen LogP contribution in [-0.4, -0.2) is 48.5 Å². The molecule has 1 aromatic heterocycles. The first-order valence-corrected chi connectivity index (χ1v) is 9.68. The molecule has 1 aliphatic heterocycles. The molecule has 128 valence electrons. The standard InChI is InChI=1S/C16H20N4O3S/c1-24(22,23)19-14-6-4-12(5-7-14)16(21)20-10-2-3-13(11-20)15-17-8-9-18-15/h4-9,13,19H,2-3,10-11H2,1H3,(H,17,18). The number of nitrogens with zero attached hydrogens (tertiary/aromatic N) is 2. The van der Waals surface area contributed by atoms with Crippen LogP contribution in [0.15, 0.2) is 36.7 Å². The summed E-state index contributed by atoms with van der Waals surface area (Å²) in [6.07, 6.45) is 6.56. The fourth-order valence-corrected chi connectivity index (χ4v) is 3.53. The zero-order valence-electron chi connectivity index (χ0n) is 13.4. The van der Waals surface area contributed by atoms with Crippen LogP contribution >= 0.6 is 0 Å². The van der Waals surface area contributed by atoms with Crippen molar-refractivity contribution in [2.45, 2.75) is 18.8 Å². The van der Waals surface area contributed by atoms with E-state index in [1.54, 1.807) is 36.7 Å². The van der Waals surface area contributed by atoms with Gasteiger partial charge in [0.15, 0.2) is 0 Å². The Hall–Kier alpha value is -2.35. The lowest BCUT2D eigenvalue weighted by molar-refractivity contribution is 0.0705. The lowest BCUT2D eigenvalue weighted by atomic mass is 9.96. The average Bonchev–Trinajstić information content (AvgIpc) is 3.08. The first kappa shape index (κ1) is 16.5. The predicted octanol–water partition coefficient (Wildman–Crippen LogP) is 1.80. The van der Waals surface area contributed by atoms with Gasteiger partial charge in [-0.05, 0) is 37.1 Å². The molecule has 0 aliphatic carbocycles. The minimum atomic E-state index is -3.32. The van der Waals surface area contributed by atoms with Gasteiger partial charge in [-0.1, -0.05) is 0 Å². The van der Waals surface area contributed by atoms with Gasteiger partial charge in [0.1, 0.15) is 5.82 Å². The lowest BCUT2D eigenvalue weighted by Gasteiger charge is -2.32. The number of nitrogens with one attached hydrogen (secondary N) is 2. The van der Waals surface area contributed by atoms with Gasteiger partial charge >= 0.3 is 0 Å². The minimum Gasteiger partial charge on any atom is -0.348 e. The van der Waals surface area contributed by atoms with Crippen LogP contribution in [0.4, 0.5) is 5.69 Å². The van der Waals surface area contributed by atoms with Crippen LogP contribution in [0.25, 0.3) is 0 Å². The summed E-state index contributed by atoms with van der Waals surface area (Å²) in [5.41, 5.74) is 0.996. The normalized spacial score (nSPS) is 18.4. The first-order valence-electron chi connectivity index (χ1n) is 7.79. The summed E-state index contributed by atoms with van der Waals surface area (Å²) in [5, 5.41) is 0. The zero-order valence-corrected chi connectivity index (χ0v) is 14.2. The molecule has 1 aliphatic rings. The Morgan fingerprint density at radius 3 is 2.71 bits per heavy atom. The molecule has 7 nitrogen and oxygen atoms in total. The summed E-state index contributed by atoms with van der Waals surface area (Å²) in [6.45, 7) is 1.36. The molecule has 1 fully saturated rings. The predicted molar refractivity (Wildman–Crippen MR) is 91.4 cm³/mol. The van der Waals surface area contributed by atoms with Crippen LogP contribution in [0, 0.1) is 0 Å². The van der Waals surface area contributed by atoms with Crippen molar-refractivity contribution < 1.29 is 13.2 Å². The average molecular weight is 348 g/mol. The molecule has 0 radical (unpaired) electrons. The molecule has 2 N–H and O–H groups in total. The number of rotatable bonds is 4. The quantitative estimate of drug-likeness (QED) is 0.881. The molecule has 1 aromatic carbocycles. The SMILES string of the molecule is CS(=O)(=O)Nc1ccc(C(=O)N2CCCC(c3ncc[nH]3)C2)cc1. The molecule has 8 heteroatoms. The van der Waals surface area contributed by atoms with E-state index in [0.717, 1.165) is 31.5 Å². The summed E-state index contributed by atoms with van der Waals surface area (Å²) in [5.74, 6) is 1.10.